The maximum atomic E-state index is 15.1. The molecule has 0 aliphatic heterocycles. The van der Waals surface area contributed by atoms with Gasteiger partial charge in [0.25, 0.3) is 10.0 Å². The second-order valence-corrected chi connectivity index (χ2v) is 11.4. The summed E-state index contributed by atoms with van der Waals surface area (Å²) >= 11 is 6.40. The van der Waals surface area contributed by atoms with Gasteiger partial charge >= 0.3 is 6.18 Å². The van der Waals surface area contributed by atoms with E-state index in [0.717, 1.165) is 24.5 Å². The van der Waals surface area contributed by atoms with Gasteiger partial charge in [0.1, 0.15) is 22.9 Å². The second-order valence-electron chi connectivity index (χ2n) is 9.38. The molecule has 0 bridgehead atoms. The van der Waals surface area contributed by atoms with Gasteiger partial charge in [0.05, 0.1) is 16.3 Å². The van der Waals surface area contributed by atoms with Gasteiger partial charge in [-0.25, -0.2) is 22.8 Å². The summed E-state index contributed by atoms with van der Waals surface area (Å²) in [7, 11) is -0.550. The molecule has 2 aromatic carbocycles. The first-order valence-corrected chi connectivity index (χ1v) is 13.6. The minimum atomic E-state index is -4.44. The fourth-order valence-electron chi connectivity index (χ4n) is 4.79. The number of halogens is 5. The number of alkyl halides is 3. The van der Waals surface area contributed by atoms with Crippen LogP contribution in [0.2, 0.25) is 5.02 Å². The Morgan fingerprint density at radius 1 is 1.11 bits per heavy atom. The zero-order chi connectivity index (χ0) is 27.7. The number of hydrogen-bond donors (Lipinski definition) is 2. The molecule has 1 aromatic heterocycles. The zero-order valence-electron chi connectivity index (χ0n) is 20.5. The Hall–Kier alpha value is -2.96. The van der Waals surface area contributed by atoms with E-state index in [2.05, 4.69) is 20.0 Å². The van der Waals surface area contributed by atoms with E-state index in [4.69, 9.17) is 11.6 Å². The van der Waals surface area contributed by atoms with Crippen molar-refractivity contribution < 1.29 is 26.0 Å². The second kappa shape index (κ2) is 11.0. The van der Waals surface area contributed by atoms with Crippen LogP contribution in [-0.2, 0) is 16.2 Å². The minimum absolute atomic E-state index is 0.0148. The lowest BCUT2D eigenvalue weighted by molar-refractivity contribution is -0.137. The summed E-state index contributed by atoms with van der Waals surface area (Å²) in [6.07, 6.45) is -0.135. The lowest BCUT2D eigenvalue weighted by atomic mass is 9.78. The normalized spacial score (nSPS) is 20.4. The molecule has 0 saturated heterocycles. The van der Waals surface area contributed by atoms with E-state index in [1.165, 1.54) is 24.4 Å². The van der Waals surface area contributed by atoms with E-state index in [-0.39, 0.29) is 34.5 Å². The largest absolute Gasteiger partial charge is 0.416 e. The molecule has 13 heteroatoms. The van der Waals surface area contributed by atoms with Crippen molar-refractivity contribution in [2.45, 2.75) is 48.3 Å². The number of nitrogens with zero attached hydrogens (tertiary/aromatic N) is 3. The highest BCUT2D eigenvalue weighted by molar-refractivity contribution is 7.92. The van der Waals surface area contributed by atoms with Gasteiger partial charge < -0.3 is 10.2 Å². The molecule has 1 aliphatic carbocycles. The molecule has 3 atom stereocenters. The van der Waals surface area contributed by atoms with Crippen molar-refractivity contribution in [2.24, 2.45) is 0 Å². The number of likely N-dealkylation sites (N-methyl/N-ethyl adjacent to an activating group) is 1. The van der Waals surface area contributed by atoms with Crippen molar-refractivity contribution in [1.82, 2.24) is 14.9 Å². The Morgan fingerprint density at radius 2 is 1.87 bits per heavy atom. The van der Waals surface area contributed by atoms with Crippen LogP contribution in [0.25, 0.3) is 0 Å². The van der Waals surface area contributed by atoms with E-state index in [1.807, 2.05) is 19.0 Å². The molecule has 1 heterocycles. The van der Waals surface area contributed by atoms with E-state index >= 15 is 4.39 Å². The van der Waals surface area contributed by atoms with E-state index < -0.39 is 32.5 Å². The number of rotatable bonds is 7. The van der Waals surface area contributed by atoms with Gasteiger partial charge in [-0.15, -0.1) is 0 Å². The van der Waals surface area contributed by atoms with Crippen LogP contribution < -0.4 is 10.0 Å². The average molecular weight is 572 g/mol. The topological polar surface area (TPSA) is 87.2 Å². The van der Waals surface area contributed by atoms with Crippen LogP contribution >= 0.6 is 11.6 Å². The fourth-order valence-corrected chi connectivity index (χ4v) is 6.17. The summed E-state index contributed by atoms with van der Waals surface area (Å²) in [6.45, 7) is 0. The van der Waals surface area contributed by atoms with Gasteiger partial charge in [0, 0.05) is 18.3 Å². The Kier molecular flexibility index (Phi) is 8.15. The van der Waals surface area contributed by atoms with E-state index in [1.54, 1.807) is 6.07 Å². The molecule has 3 aromatic rings. The van der Waals surface area contributed by atoms with Crippen molar-refractivity contribution in [2.75, 3.05) is 24.1 Å². The van der Waals surface area contributed by atoms with Crippen molar-refractivity contribution in [1.29, 1.82) is 0 Å². The molecular formula is C25H26ClF4N5O2S. The number of aromatic nitrogens is 2. The average Bonchev–Trinajstić information content (AvgIpc) is 2.85. The van der Waals surface area contributed by atoms with Crippen molar-refractivity contribution in [3.05, 3.63) is 77.0 Å². The molecule has 38 heavy (non-hydrogen) atoms. The quantitative estimate of drug-likeness (QED) is 0.350. The minimum Gasteiger partial charge on any atom is -0.379 e. The third kappa shape index (κ3) is 6.36. The highest BCUT2D eigenvalue weighted by Crippen LogP contribution is 2.39. The molecule has 0 spiro atoms. The summed E-state index contributed by atoms with van der Waals surface area (Å²) in [5.74, 6) is -1.22. The van der Waals surface area contributed by atoms with Crippen LogP contribution in [0.5, 0.6) is 0 Å². The molecular weight excluding hydrogens is 546 g/mol. The lowest BCUT2D eigenvalue weighted by Crippen LogP contribution is -2.47. The van der Waals surface area contributed by atoms with Gasteiger partial charge in [-0.2, -0.15) is 13.2 Å². The van der Waals surface area contributed by atoms with Crippen LogP contribution in [0.4, 0.5) is 29.1 Å². The Balaban J connectivity index is 1.58. The number of hydrogen-bond acceptors (Lipinski definition) is 6. The molecule has 2 N–H and O–H groups in total. The number of anilines is 2. The SMILES string of the molecule is CN(C)[C@H]1CC[C@H](c2cccc(C(F)(F)F)c2)C[C@@H]1Nc1cc(F)c(S(=O)(=O)Nc2ccncn2)cc1Cl. The van der Waals surface area contributed by atoms with Gasteiger partial charge in [0.15, 0.2) is 0 Å². The standard InChI is InChI=1S/C25H26ClF4N5O2S/c1-35(2)22-7-6-16(15-4-3-5-17(10-15)25(28,29)30)11-21(22)33-20-13-19(27)23(12-18(20)26)38(36,37)34-24-8-9-31-14-32-24/h3-5,8-10,12-14,16,21-22,33H,6-7,11H2,1-2H3,(H,31,32,34)/t16-,21-,22-/m0/s1. The van der Waals surface area contributed by atoms with Crippen LogP contribution in [-0.4, -0.2) is 49.5 Å². The van der Waals surface area contributed by atoms with Gasteiger partial charge in [-0.1, -0.05) is 29.8 Å². The predicted octanol–water partition coefficient (Wildman–Crippen LogP) is 5.77. The van der Waals surface area contributed by atoms with Crippen molar-refractivity contribution >= 4 is 33.1 Å². The smallest absolute Gasteiger partial charge is 0.379 e. The molecule has 1 fully saturated rings. The fraction of sp³-hybridized carbons (Fsp3) is 0.360. The number of sulfonamides is 1. The molecule has 0 radical (unpaired) electrons. The summed E-state index contributed by atoms with van der Waals surface area (Å²) in [5.41, 5.74) is 0.0665. The highest BCUT2D eigenvalue weighted by Gasteiger charge is 2.35. The summed E-state index contributed by atoms with van der Waals surface area (Å²) in [6, 6.07) is 8.34. The molecule has 1 saturated carbocycles. The van der Waals surface area contributed by atoms with Gasteiger partial charge in [0.2, 0.25) is 0 Å². The molecule has 0 unspecified atom stereocenters. The maximum Gasteiger partial charge on any atom is 0.416 e. The lowest BCUT2D eigenvalue weighted by Gasteiger charge is -2.41. The predicted molar refractivity (Wildman–Crippen MR) is 137 cm³/mol. The van der Waals surface area contributed by atoms with Crippen molar-refractivity contribution in [3.63, 3.8) is 0 Å². The highest BCUT2D eigenvalue weighted by atomic mass is 35.5. The first kappa shape index (κ1) is 28.1. The first-order valence-electron chi connectivity index (χ1n) is 11.7. The van der Waals surface area contributed by atoms with Crippen LogP contribution in [0.1, 0.15) is 36.3 Å². The van der Waals surface area contributed by atoms with E-state index in [0.29, 0.717) is 24.8 Å². The summed E-state index contributed by atoms with van der Waals surface area (Å²) in [5, 5.41) is 3.20. The molecule has 4 rings (SSSR count). The maximum absolute atomic E-state index is 15.1. The monoisotopic (exact) mass is 571 g/mol. The zero-order valence-corrected chi connectivity index (χ0v) is 22.1. The van der Waals surface area contributed by atoms with Gasteiger partial charge in [-0.3, -0.25) is 4.72 Å². The first-order chi connectivity index (χ1) is 17.8. The number of benzene rings is 2. The third-order valence-electron chi connectivity index (χ3n) is 6.64. The molecule has 7 nitrogen and oxygen atoms in total. The van der Waals surface area contributed by atoms with E-state index in [9.17, 15) is 21.6 Å². The molecule has 204 valence electrons. The van der Waals surface area contributed by atoms with Crippen LogP contribution in [0.3, 0.4) is 0 Å². The third-order valence-corrected chi connectivity index (χ3v) is 8.32. The summed E-state index contributed by atoms with van der Waals surface area (Å²) in [4.78, 5) is 8.82. The van der Waals surface area contributed by atoms with Crippen molar-refractivity contribution in [3.8, 4) is 0 Å². The number of nitrogens with one attached hydrogen (secondary N) is 2. The molecule has 0 amide bonds. The van der Waals surface area contributed by atoms with Crippen LogP contribution in [0, 0.1) is 5.82 Å². The van der Waals surface area contributed by atoms with Gasteiger partial charge in [-0.05, 0) is 69.1 Å². The Bertz CT molecular complexity index is 1390. The van der Waals surface area contributed by atoms with Crippen LogP contribution in [0.15, 0.2) is 59.9 Å². The Labute approximate surface area is 223 Å². The summed E-state index contributed by atoms with van der Waals surface area (Å²) < 4.78 is 82.5. The molecule has 1 aliphatic rings. The Morgan fingerprint density at radius 3 is 2.53 bits per heavy atom.